The van der Waals surface area contributed by atoms with Crippen LogP contribution < -0.4 is 19.7 Å². The monoisotopic (exact) mass is 473 g/mol. The van der Waals surface area contributed by atoms with Gasteiger partial charge >= 0.3 is 6.03 Å². The fourth-order valence-corrected chi connectivity index (χ4v) is 4.51. The number of anilines is 1. The second-order valence-electron chi connectivity index (χ2n) is 8.90. The van der Waals surface area contributed by atoms with Crippen LogP contribution in [0.2, 0.25) is 0 Å². The molecule has 1 N–H and O–H groups in total. The van der Waals surface area contributed by atoms with Crippen molar-refractivity contribution in [2.75, 3.05) is 31.6 Å². The minimum absolute atomic E-state index is 0.102. The standard InChI is InChI=1S/C27H31N5O3/c1-34-21-10-12-22(13-11-21)35-25-23-19-32(27(33)28-18-20-8-4-2-5-9-20)17-14-24(23)29-26(30-25)31-15-6-3-7-16-31/h2,4-5,8-13H,3,6-7,14-19H2,1H3,(H,28,33). The predicted molar refractivity (Wildman–Crippen MR) is 134 cm³/mol. The number of ether oxygens (including phenoxy) is 2. The number of aromatic nitrogens is 2. The van der Waals surface area contributed by atoms with Crippen LogP contribution in [0.25, 0.3) is 0 Å². The van der Waals surface area contributed by atoms with Gasteiger partial charge in [0.05, 0.1) is 24.9 Å². The highest BCUT2D eigenvalue weighted by Gasteiger charge is 2.28. The van der Waals surface area contributed by atoms with Crippen molar-refractivity contribution in [3.05, 3.63) is 71.4 Å². The van der Waals surface area contributed by atoms with Crippen LogP contribution in [0, 0.1) is 0 Å². The number of hydrogen-bond acceptors (Lipinski definition) is 6. The Labute approximate surface area is 205 Å². The van der Waals surface area contributed by atoms with Gasteiger partial charge in [0, 0.05) is 32.6 Å². The minimum atomic E-state index is -0.102. The number of piperidine rings is 1. The van der Waals surface area contributed by atoms with E-state index in [1.807, 2.05) is 54.6 Å². The largest absolute Gasteiger partial charge is 0.497 e. The first-order valence-corrected chi connectivity index (χ1v) is 12.2. The van der Waals surface area contributed by atoms with E-state index in [0.717, 1.165) is 48.5 Å². The summed E-state index contributed by atoms with van der Waals surface area (Å²) < 4.78 is 11.5. The molecule has 0 unspecified atom stereocenters. The van der Waals surface area contributed by atoms with Crippen molar-refractivity contribution in [2.24, 2.45) is 0 Å². The van der Waals surface area contributed by atoms with Gasteiger partial charge in [-0.3, -0.25) is 0 Å². The molecule has 1 saturated heterocycles. The molecular weight excluding hydrogens is 442 g/mol. The Morgan fingerprint density at radius 1 is 0.943 bits per heavy atom. The highest BCUT2D eigenvalue weighted by molar-refractivity contribution is 5.74. The maximum Gasteiger partial charge on any atom is 0.317 e. The van der Waals surface area contributed by atoms with E-state index in [0.29, 0.717) is 43.6 Å². The number of carbonyl (C=O) groups is 1. The summed E-state index contributed by atoms with van der Waals surface area (Å²) in [5.41, 5.74) is 2.88. The molecule has 0 radical (unpaired) electrons. The zero-order valence-electron chi connectivity index (χ0n) is 20.1. The molecule has 0 spiro atoms. The van der Waals surface area contributed by atoms with E-state index in [1.54, 1.807) is 12.0 Å². The van der Waals surface area contributed by atoms with Gasteiger partial charge in [-0.25, -0.2) is 9.78 Å². The van der Waals surface area contributed by atoms with Crippen LogP contribution in [-0.4, -0.2) is 47.6 Å². The average molecular weight is 474 g/mol. The smallest absolute Gasteiger partial charge is 0.317 e. The van der Waals surface area contributed by atoms with Crippen LogP contribution in [0.15, 0.2) is 54.6 Å². The zero-order chi connectivity index (χ0) is 24.0. The van der Waals surface area contributed by atoms with E-state index in [-0.39, 0.29) is 6.03 Å². The third-order valence-electron chi connectivity index (χ3n) is 6.50. The lowest BCUT2D eigenvalue weighted by atomic mass is 10.1. The number of methoxy groups -OCH3 is 1. The fourth-order valence-electron chi connectivity index (χ4n) is 4.51. The van der Waals surface area contributed by atoms with Gasteiger partial charge in [-0.05, 0) is 49.1 Å². The van der Waals surface area contributed by atoms with Crippen molar-refractivity contribution >= 4 is 12.0 Å². The molecule has 2 amide bonds. The molecule has 8 nitrogen and oxygen atoms in total. The highest BCUT2D eigenvalue weighted by Crippen LogP contribution is 2.32. The SMILES string of the molecule is COc1ccc(Oc2nc(N3CCCCC3)nc3c2CN(C(=O)NCc2ccccc2)CC3)cc1. The number of amides is 2. The maximum atomic E-state index is 12.9. The fraction of sp³-hybridized carbons (Fsp3) is 0.370. The average Bonchev–Trinajstić information content (AvgIpc) is 2.93. The maximum absolute atomic E-state index is 12.9. The molecule has 0 atom stereocenters. The topological polar surface area (TPSA) is 79.8 Å². The summed E-state index contributed by atoms with van der Waals surface area (Å²) in [4.78, 5) is 26.7. The second kappa shape index (κ2) is 10.6. The molecule has 8 heteroatoms. The number of nitrogens with one attached hydrogen (secondary N) is 1. The molecular formula is C27H31N5O3. The number of rotatable bonds is 6. The lowest BCUT2D eigenvalue weighted by molar-refractivity contribution is 0.190. The number of nitrogens with zero attached hydrogens (tertiary/aromatic N) is 4. The van der Waals surface area contributed by atoms with Crippen LogP contribution in [0.3, 0.4) is 0 Å². The van der Waals surface area contributed by atoms with E-state index in [4.69, 9.17) is 19.4 Å². The number of urea groups is 1. The first-order chi connectivity index (χ1) is 17.2. The van der Waals surface area contributed by atoms with E-state index >= 15 is 0 Å². The molecule has 1 aromatic heterocycles. The van der Waals surface area contributed by atoms with Crippen LogP contribution in [0.4, 0.5) is 10.7 Å². The zero-order valence-corrected chi connectivity index (χ0v) is 20.1. The second-order valence-corrected chi connectivity index (χ2v) is 8.90. The molecule has 35 heavy (non-hydrogen) atoms. The molecule has 0 saturated carbocycles. The molecule has 3 heterocycles. The van der Waals surface area contributed by atoms with Gasteiger partial charge in [0.2, 0.25) is 11.8 Å². The summed E-state index contributed by atoms with van der Waals surface area (Å²) in [5.74, 6) is 2.66. The molecule has 0 aliphatic carbocycles. The summed E-state index contributed by atoms with van der Waals surface area (Å²) in [6.45, 7) is 3.40. The van der Waals surface area contributed by atoms with Crippen LogP contribution in [-0.2, 0) is 19.5 Å². The van der Waals surface area contributed by atoms with Crippen LogP contribution in [0.5, 0.6) is 17.4 Å². The number of benzene rings is 2. The molecule has 3 aromatic rings. The Kier molecular flexibility index (Phi) is 6.97. The van der Waals surface area contributed by atoms with E-state index in [1.165, 1.54) is 6.42 Å². The van der Waals surface area contributed by atoms with E-state index in [2.05, 4.69) is 10.2 Å². The Bertz CT molecular complexity index is 1150. The normalized spacial score (nSPS) is 15.3. The summed E-state index contributed by atoms with van der Waals surface area (Å²) in [6, 6.07) is 17.3. The van der Waals surface area contributed by atoms with Gasteiger partial charge in [-0.2, -0.15) is 4.98 Å². The molecule has 0 bridgehead atoms. The van der Waals surface area contributed by atoms with Gasteiger partial charge in [0.1, 0.15) is 11.5 Å². The molecule has 1 fully saturated rings. The number of fused-ring (bicyclic) bond motifs is 1. The quantitative estimate of drug-likeness (QED) is 0.566. The van der Waals surface area contributed by atoms with Crippen molar-refractivity contribution in [3.63, 3.8) is 0 Å². The van der Waals surface area contributed by atoms with E-state index < -0.39 is 0 Å². The minimum Gasteiger partial charge on any atom is -0.497 e. The Morgan fingerprint density at radius 2 is 1.69 bits per heavy atom. The molecule has 2 aromatic carbocycles. The van der Waals surface area contributed by atoms with Crippen LogP contribution in [0.1, 0.15) is 36.1 Å². The van der Waals surface area contributed by atoms with E-state index in [9.17, 15) is 4.79 Å². The lowest BCUT2D eigenvalue weighted by Gasteiger charge is -2.32. The molecule has 2 aliphatic rings. The first-order valence-electron chi connectivity index (χ1n) is 12.2. The third kappa shape index (κ3) is 5.48. The van der Waals surface area contributed by atoms with Gasteiger partial charge in [-0.1, -0.05) is 30.3 Å². The number of carbonyl (C=O) groups excluding carboxylic acids is 1. The van der Waals surface area contributed by atoms with Gasteiger partial charge in [-0.15, -0.1) is 0 Å². The Hall–Kier alpha value is -3.81. The summed E-state index contributed by atoms with van der Waals surface area (Å²) in [6.07, 6.45) is 4.19. The predicted octanol–water partition coefficient (Wildman–Crippen LogP) is 4.54. The van der Waals surface area contributed by atoms with Gasteiger partial charge in [0.25, 0.3) is 0 Å². The lowest BCUT2D eigenvalue weighted by Crippen LogP contribution is -2.43. The van der Waals surface area contributed by atoms with Crippen molar-refractivity contribution in [3.8, 4) is 17.4 Å². The summed E-state index contributed by atoms with van der Waals surface area (Å²) in [5, 5.41) is 3.03. The molecule has 182 valence electrons. The van der Waals surface area contributed by atoms with Gasteiger partial charge < -0.3 is 24.6 Å². The van der Waals surface area contributed by atoms with Crippen molar-refractivity contribution < 1.29 is 14.3 Å². The van der Waals surface area contributed by atoms with Crippen molar-refractivity contribution in [2.45, 2.75) is 38.8 Å². The third-order valence-corrected chi connectivity index (χ3v) is 6.50. The Balaban J connectivity index is 1.38. The number of hydrogen-bond donors (Lipinski definition) is 1. The van der Waals surface area contributed by atoms with Crippen LogP contribution >= 0.6 is 0 Å². The van der Waals surface area contributed by atoms with Crippen molar-refractivity contribution in [1.82, 2.24) is 20.2 Å². The Morgan fingerprint density at radius 3 is 2.43 bits per heavy atom. The molecule has 2 aliphatic heterocycles. The molecule has 5 rings (SSSR count). The first kappa shape index (κ1) is 23.0. The highest BCUT2D eigenvalue weighted by atomic mass is 16.5. The summed E-state index contributed by atoms with van der Waals surface area (Å²) >= 11 is 0. The van der Waals surface area contributed by atoms with Crippen molar-refractivity contribution in [1.29, 1.82) is 0 Å². The van der Waals surface area contributed by atoms with Gasteiger partial charge in [0.15, 0.2) is 0 Å². The summed E-state index contributed by atoms with van der Waals surface area (Å²) in [7, 11) is 1.64.